The lowest BCUT2D eigenvalue weighted by atomic mass is 10.0. The van der Waals surface area contributed by atoms with E-state index in [4.69, 9.17) is 4.42 Å². The van der Waals surface area contributed by atoms with Crippen LogP contribution < -0.4 is 10.6 Å². The van der Waals surface area contributed by atoms with Crippen LogP contribution in [-0.2, 0) is 11.2 Å². The summed E-state index contributed by atoms with van der Waals surface area (Å²) in [6, 6.07) is 21.5. The molecule has 0 aliphatic carbocycles. The Bertz CT molecular complexity index is 1110. The van der Waals surface area contributed by atoms with E-state index in [9.17, 15) is 9.59 Å². The fourth-order valence-corrected chi connectivity index (χ4v) is 3.70. The van der Waals surface area contributed by atoms with Gasteiger partial charge in [0.2, 0.25) is 5.91 Å². The van der Waals surface area contributed by atoms with Gasteiger partial charge in [-0.3, -0.25) is 9.59 Å². The van der Waals surface area contributed by atoms with E-state index < -0.39 is 11.9 Å². The molecule has 0 radical (unpaired) electrons. The van der Waals surface area contributed by atoms with E-state index in [1.807, 2.05) is 48.5 Å². The van der Waals surface area contributed by atoms with Crippen molar-refractivity contribution in [2.75, 3.05) is 5.32 Å². The fourth-order valence-electron chi connectivity index (χ4n) is 2.93. The van der Waals surface area contributed by atoms with Gasteiger partial charge in [-0.2, -0.15) is 0 Å². The molecule has 0 bridgehead atoms. The number of hydrogen-bond acceptors (Lipinski definition) is 5. The molecule has 0 spiro atoms. The smallest absolute Gasteiger partial charge is 0.271 e. The zero-order valence-corrected chi connectivity index (χ0v) is 16.8. The van der Waals surface area contributed by atoms with Crippen LogP contribution in [0.3, 0.4) is 0 Å². The van der Waals surface area contributed by atoms with Gasteiger partial charge in [0.05, 0.1) is 6.26 Å². The van der Waals surface area contributed by atoms with E-state index in [0.29, 0.717) is 22.9 Å². The molecule has 2 aromatic carbocycles. The summed E-state index contributed by atoms with van der Waals surface area (Å²) < 4.78 is 5.33. The van der Waals surface area contributed by atoms with E-state index in [1.54, 1.807) is 35.9 Å². The van der Waals surface area contributed by atoms with Crippen molar-refractivity contribution >= 4 is 28.8 Å². The Labute approximate surface area is 177 Å². The Morgan fingerprint density at radius 2 is 1.70 bits per heavy atom. The van der Waals surface area contributed by atoms with Crippen molar-refractivity contribution in [3.05, 3.63) is 95.7 Å². The number of amides is 2. The van der Waals surface area contributed by atoms with Crippen LogP contribution in [0.4, 0.5) is 5.69 Å². The average Bonchev–Trinajstić information content (AvgIpc) is 3.47. The number of furan rings is 1. The maximum Gasteiger partial charge on any atom is 0.271 e. The predicted molar refractivity (Wildman–Crippen MR) is 116 cm³/mol. The number of anilines is 1. The normalized spacial score (nSPS) is 11.6. The number of aromatic nitrogens is 1. The number of carbonyl (C=O) groups excluding carboxylic acids is 2. The zero-order valence-electron chi connectivity index (χ0n) is 15.9. The highest BCUT2D eigenvalue weighted by Gasteiger charge is 2.23. The highest BCUT2D eigenvalue weighted by molar-refractivity contribution is 7.13. The molecular formula is C23H19N3O3S. The number of benzene rings is 2. The molecule has 0 saturated carbocycles. The van der Waals surface area contributed by atoms with Crippen LogP contribution in [-0.4, -0.2) is 22.8 Å². The van der Waals surface area contributed by atoms with Crippen molar-refractivity contribution in [1.82, 2.24) is 10.3 Å². The van der Waals surface area contributed by atoms with Crippen molar-refractivity contribution in [2.24, 2.45) is 0 Å². The number of hydrogen-bond donors (Lipinski definition) is 2. The van der Waals surface area contributed by atoms with Crippen LogP contribution in [0.2, 0.25) is 0 Å². The number of rotatable bonds is 7. The summed E-state index contributed by atoms with van der Waals surface area (Å²) in [7, 11) is 0. The molecule has 0 fully saturated rings. The molecule has 2 aromatic heterocycles. The van der Waals surface area contributed by atoms with Gasteiger partial charge in [0.15, 0.2) is 10.8 Å². The molecule has 2 amide bonds. The molecule has 1 atom stereocenters. The van der Waals surface area contributed by atoms with Crippen molar-refractivity contribution < 1.29 is 14.0 Å². The largest absolute Gasteiger partial charge is 0.462 e. The molecular weight excluding hydrogens is 398 g/mol. The second-order valence-electron chi connectivity index (χ2n) is 6.59. The Hall–Kier alpha value is -3.71. The van der Waals surface area contributed by atoms with Gasteiger partial charge in [0.1, 0.15) is 11.7 Å². The monoisotopic (exact) mass is 417 g/mol. The lowest BCUT2D eigenvalue weighted by molar-refractivity contribution is -0.118. The minimum absolute atomic E-state index is 0.247. The van der Waals surface area contributed by atoms with Gasteiger partial charge in [-0.25, -0.2) is 4.98 Å². The minimum Gasteiger partial charge on any atom is -0.462 e. The van der Waals surface area contributed by atoms with Crippen LogP contribution in [0.15, 0.2) is 88.9 Å². The molecule has 2 heterocycles. The van der Waals surface area contributed by atoms with Gasteiger partial charge in [0.25, 0.3) is 5.91 Å². The first-order chi connectivity index (χ1) is 14.7. The third-order valence-corrected chi connectivity index (χ3v) is 5.27. The van der Waals surface area contributed by atoms with Gasteiger partial charge < -0.3 is 15.1 Å². The quantitative estimate of drug-likeness (QED) is 0.467. The molecule has 30 heavy (non-hydrogen) atoms. The predicted octanol–water partition coefficient (Wildman–Crippen LogP) is 4.38. The Morgan fingerprint density at radius 1 is 0.967 bits per heavy atom. The second kappa shape index (κ2) is 9.19. The summed E-state index contributed by atoms with van der Waals surface area (Å²) in [5.74, 6) is -0.102. The van der Waals surface area contributed by atoms with Gasteiger partial charge in [0, 0.05) is 17.5 Å². The first-order valence-corrected chi connectivity index (χ1v) is 10.3. The van der Waals surface area contributed by atoms with E-state index in [0.717, 1.165) is 5.56 Å². The summed E-state index contributed by atoms with van der Waals surface area (Å²) in [5.41, 5.74) is 1.86. The van der Waals surface area contributed by atoms with Crippen LogP contribution in [0.1, 0.15) is 16.1 Å². The van der Waals surface area contributed by atoms with Gasteiger partial charge in [-0.05, 0) is 29.8 Å². The number of thiazole rings is 1. The zero-order chi connectivity index (χ0) is 20.8. The van der Waals surface area contributed by atoms with E-state index in [2.05, 4.69) is 15.6 Å². The topological polar surface area (TPSA) is 84.2 Å². The van der Waals surface area contributed by atoms with Gasteiger partial charge >= 0.3 is 0 Å². The van der Waals surface area contributed by atoms with Crippen molar-refractivity contribution in [3.8, 4) is 10.8 Å². The molecule has 0 aliphatic rings. The van der Waals surface area contributed by atoms with Crippen molar-refractivity contribution in [3.63, 3.8) is 0 Å². The Balaban J connectivity index is 1.51. The maximum absolute atomic E-state index is 12.9. The third kappa shape index (κ3) is 4.82. The summed E-state index contributed by atoms with van der Waals surface area (Å²) in [5, 5.41) is 7.95. The SMILES string of the molecule is O=C(NC(Cc1ccccc1)C(=O)Nc1ccccc1)c1csc(-c2ccco2)n1. The summed E-state index contributed by atoms with van der Waals surface area (Å²) >= 11 is 1.31. The number of nitrogens with one attached hydrogen (secondary N) is 2. The van der Waals surface area contributed by atoms with E-state index in [1.165, 1.54) is 11.3 Å². The lowest BCUT2D eigenvalue weighted by Crippen LogP contribution is -2.45. The van der Waals surface area contributed by atoms with Crippen molar-refractivity contribution in [2.45, 2.75) is 12.5 Å². The van der Waals surface area contributed by atoms with Crippen LogP contribution in [0, 0.1) is 0 Å². The second-order valence-corrected chi connectivity index (χ2v) is 7.44. The molecule has 0 saturated heterocycles. The van der Waals surface area contributed by atoms with Gasteiger partial charge in [-0.15, -0.1) is 11.3 Å². The summed E-state index contributed by atoms with van der Waals surface area (Å²) in [4.78, 5) is 30.1. The van der Waals surface area contributed by atoms with E-state index in [-0.39, 0.29) is 11.6 Å². The number of nitrogens with zero attached hydrogens (tertiary/aromatic N) is 1. The molecule has 4 rings (SSSR count). The Kier molecular flexibility index (Phi) is 6.01. The molecule has 4 aromatic rings. The Morgan fingerprint density at radius 3 is 2.40 bits per heavy atom. The highest BCUT2D eigenvalue weighted by Crippen LogP contribution is 2.24. The summed E-state index contributed by atoms with van der Waals surface area (Å²) in [6.45, 7) is 0. The fraction of sp³-hybridized carbons (Fsp3) is 0.0870. The van der Waals surface area contributed by atoms with Crippen LogP contribution >= 0.6 is 11.3 Å². The van der Waals surface area contributed by atoms with Crippen molar-refractivity contribution in [1.29, 1.82) is 0 Å². The highest BCUT2D eigenvalue weighted by atomic mass is 32.1. The first kappa shape index (κ1) is 19.6. The van der Waals surface area contributed by atoms with Gasteiger partial charge in [-0.1, -0.05) is 48.5 Å². The molecule has 150 valence electrons. The standard InChI is InChI=1S/C23H19N3O3S/c27-21(24-17-10-5-2-6-11-17)18(14-16-8-3-1-4-9-16)25-22(28)19-15-30-23(26-19)20-12-7-13-29-20/h1-13,15,18H,14H2,(H,24,27)(H,25,28). The molecule has 1 unspecified atom stereocenters. The molecule has 0 aliphatic heterocycles. The molecule has 7 heteroatoms. The lowest BCUT2D eigenvalue weighted by Gasteiger charge is -2.18. The number of para-hydroxylation sites is 1. The minimum atomic E-state index is -0.756. The van der Waals surface area contributed by atoms with Crippen LogP contribution in [0.5, 0.6) is 0 Å². The van der Waals surface area contributed by atoms with Crippen LogP contribution in [0.25, 0.3) is 10.8 Å². The number of carbonyl (C=O) groups is 2. The average molecular weight is 417 g/mol. The third-order valence-electron chi connectivity index (χ3n) is 4.41. The molecule has 6 nitrogen and oxygen atoms in total. The first-order valence-electron chi connectivity index (χ1n) is 9.39. The summed E-state index contributed by atoms with van der Waals surface area (Å²) in [6.07, 6.45) is 1.92. The van der Waals surface area contributed by atoms with E-state index >= 15 is 0 Å². The molecule has 2 N–H and O–H groups in total. The maximum atomic E-state index is 12.9.